The van der Waals surface area contributed by atoms with E-state index in [1.54, 1.807) is 11.8 Å². The van der Waals surface area contributed by atoms with Crippen molar-refractivity contribution in [2.24, 2.45) is 0 Å². The number of carbonyl (C=O) groups is 2. The van der Waals surface area contributed by atoms with Crippen LogP contribution in [0.5, 0.6) is 0 Å². The van der Waals surface area contributed by atoms with E-state index in [0.717, 1.165) is 32.4 Å². The number of hydrogen-bond donors (Lipinski definition) is 3. The first-order valence-corrected chi connectivity index (χ1v) is 7.67. The van der Waals surface area contributed by atoms with Gasteiger partial charge in [0.05, 0.1) is 5.75 Å². The van der Waals surface area contributed by atoms with Gasteiger partial charge in [-0.15, -0.1) is 11.8 Å². The fourth-order valence-electron chi connectivity index (χ4n) is 2.27. The molecule has 0 aliphatic carbocycles. The van der Waals surface area contributed by atoms with Crippen LogP contribution in [0.25, 0.3) is 0 Å². The predicted octanol–water partition coefficient (Wildman–Crippen LogP) is -0.134. The van der Waals surface area contributed by atoms with Gasteiger partial charge < -0.3 is 16.0 Å². The van der Waals surface area contributed by atoms with E-state index >= 15 is 0 Å². The maximum Gasteiger partial charge on any atom is 0.230 e. The summed E-state index contributed by atoms with van der Waals surface area (Å²) in [6.07, 6.45) is 3.72. The molecule has 1 unspecified atom stereocenters. The maximum atomic E-state index is 11.7. The number of amides is 2. The van der Waals surface area contributed by atoms with Gasteiger partial charge in [-0.05, 0) is 32.4 Å². The van der Waals surface area contributed by atoms with Crippen LogP contribution in [0.2, 0.25) is 0 Å². The van der Waals surface area contributed by atoms with Gasteiger partial charge in [0.25, 0.3) is 0 Å². The quantitative estimate of drug-likeness (QED) is 0.651. The lowest BCUT2D eigenvalue weighted by Crippen LogP contribution is -2.39. The molecule has 0 bridgehead atoms. The number of rotatable bonds is 5. The summed E-state index contributed by atoms with van der Waals surface area (Å²) in [5.41, 5.74) is 0. The second-order valence-electron chi connectivity index (χ2n) is 4.87. The molecule has 2 amide bonds. The summed E-state index contributed by atoms with van der Waals surface area (Å²) in [6.45, 7) is 2.69. The number of hydrogen-bond acceptors (Lipinski definition) is 4. The summed E-state index contributed by atoms with van der Waals surface area (Å²) in [7, 11) is 0. The molecule has 2 aliphatic heterocycles. The van der Waals surface area contributed by atoms with Gasteiger partial charge in [0, 0.05) is 24.3 Å². The van der Waals surface area contributed by atoms with E-state index < -0.39 is 0 Å². The Morgan fingerprint density at radius 2 is 2.11 bits per heavy atom. The predicted molar refractivity (Wildman–Crippen MR) is 72.5 cm³/mol. The average Bonchev–Trinajstić information content (AvgIpc) is 2.81. The molecule has 6 heteroatoms. The van der Waals surface area contributed by atoms with Gasteiger partial charge >= 0.3 is 0 Å². The summed E-state index contributed by atoms with van der Waals surface area (Å²) >= 11 is 1.75. The lowest BCUT2D eigenvalue weighted by Gasteiger charge is -2.21. The van der Waals surface area contributed by atoms with Crippen LogP contribution in [-0.4, -0.2) is 48.5 Å². The number of nitrogens with one attached hydrogen (secondary N) is 3. The molecule has 0 aromatic heterocycles. The Hall–Kier alpha value is -0.750. The van der Waals surface area contributed by atoms with Crippen molar-refractivity contribution >= 4 is 23.6 Å². The van der Waals surface area contributed by atoms with Crippen molar-refractivity contribution in [1.82, 2.24) is 16.0 Å². The highest BCUT2D eigenvalue weighted by molar-refractivity contribution is 8.00. The number of piperidine rings is 1. The molecule has 0 spiro atoms. The van der Waals surface area contributed by atoms with E-state index in [4.69, 9.17) is 0 Å². The minimum absolute atomic E-state index is 0.0830. The summed E-state index contributed by atoms with van der Waals surface area (Å²) in [6, 6.07) is 0.130. The molecular formula is C12H21N3O2S. The maximum absolute atomic E-state index is 11.7. The Labute approximate surface area is 112 Å². The standard InChI is InChI=1S/C12H21N3O2S/c16-11-2-1-9(15-11)7-14-12(17)8-18-10-3-5-13-6-4-10/h9-10,13H,1-8H2,(H,14,17)(H,15,16). The highest BCUT2D eigenvalue weighted by Crippen LogP contribution is 2.19. The van der Waals surface area contributed by atoms with Crippen LogP contribution in [0.15, 0.2) is 0 Å². The van der Waals surface area contributed by atoms with Crippen molar-refractivity contribution in [3.8, 4) is 0 Å². The van der Waals surface area contributed by atoms with Gasteiger partial charge in [0.1, 0.15) is 0 Å². The minimum Gasteiger partial charge on any atom is -0.353 e. The van der Waals surface area contributed by atoms with E-state index in [2.05, 4.69) is 16.0 Å². The first-order chi connectivity index (χ1) is 8.74. The molecule has 102 valence electrons. The molecule has 0 saturated carbocycles. The van der Waals surface area contributed by atoms with Crippen LogP contribution in [0.4, 0.5) is 0 Å². The van der Waals surface area contributed by atoms with Crippen molar-refractivity contribution in [1.29, 1.82) is 0 Å². The molecule has 3 N–H and O–H groups in total. The summed E-state index contributed by atoms with van der Waals surface area (Å²) in [4.78, 5) is 22.7. The molecule has 2 saturated heterocycles. The molecule has 2 fully saturated rings. The highest BCUT2D eigenvalue weighted by atomic mass is 32.2. The monoisotopic (exact) mass is 271 g/mol. The normalized spacial score (nSPS) is 24.9. The third kappa shape index (κ3) is 4.49. The zero-order valence-electron chi connectivity index (χ0n) is 10.5. The summed E-state index contributed by atoms with van der Waals surface area (Å²) in [5, 5.41) is 9.67. The van der Waals surface area contributed by atoms with Gasteiger partial charge in [-0.3, -0.25) is 9.59 Å². The Kier molecular flexibility index (Phi) is 5.31. The molecule has 2 aliphatic rings. The molecule has 18 heavy (non-hydrogen) atoms. The Morgan fingerprint density at radius 1 is 1.33 bits per heavy atom. The first kappa shape index (κ1) is 13.7. The third-order valence-electron chi connectivity index (χ3n) is 3.37. The van der Waals surface area contributed by atoms with E-state index in [0.29, 0.717) is 24.0 Å². The SMILES string of the molecule is O=C(CSC1CCNCC1)NCC1CCC(=O)N1. The van der Waals surface area contributed by atoms with Crippen LogP contribution in [0.1, 0.15) is 25.7 Å². The summed E-state index contributed by atoms with van der Waals surface area (Å²) in [5.74, 6) is 0.712. The van der Waals surface area contributed by atoms with E-state index in [1.807, 2.05) is 0 Å². The molecule has 2 rings (SSSR count). The molecule has 0 aromatic carbocycles. The van der Waals surface area contributed by atoms with E-state index in [-0.39, 0.29) is 17.9 Å². The van der Waals surface area contributed by atoms with Crippen molar-refractivity contribution < 1.29 is 9.59 Å². The number of thioether (sulfide) groups is 1. The van der Waals surface area contributed by atoms with Gasteiger partial charge in [-0.2, -0.15) is 0 Å². The Bertz CT molecular complexity index is 306. The van der Waals surface area contributed by atoms with Gasteiger partial charge in [-0.25, -0.2) is 0 Å². The second-order valence-corrected chi connectivity index (χ2v) is 6.16. The number of carbonyl (C=O) groups excluding carboxylic acids is 2. The van der Waals surface area contributed by atoms with Crippen LogP contribution in [0.3, 0.4) is 0 Å². The zero-order chi connectivity index (χ0) is 12.8. The van der Waals surface area contributed by atoms with E-state index in [1.165, 1.54) is 0 Å². The van der Waals surface area contributed by atoms with Crippen molar-refractivity contribution in [2.45, 2.75) is 37.0 Å². The van der Waals surface area contributed by atoms with Crippen LogP contribution in [-0.2, 0) is 9.59 Å². The van der Waals surface area contributed by atoms with Crippen LogP contribution >= 0.6 is 11.8 Å². The lowest BCUT2D eigenvalue weighted by atomic mass is 10.2. The second kappa shape index (κ2) is 6.99. The van der Waals surface area contributed by atoms with Gasteiger partial charge in [0.2, 0.25) is 11.8 Å². The van der Waals surface area contributed by atoms with Gasteiger partial charge in [0.15, 0.2) is 0 Å². The highest BCUT2D eigenvalue weighted by Gasteiger charge is 2.21. The third-order valence-corrected chi connectivity index (χ3v) is 4.74. The Balaban J connectivity index is 1.55. The minimum atomic E-state index is 0.0830. The molecular weight excluding hydrogens is 250 g/mol. The summed E-state index contributed by atoms with van der Waals surface area (Å²) < 4.78 is 0. The fourth-order valence-corrected chi connectivity index (χ4v) is 3.33. The fraction of sp³-hybridized carbons (Fsp3) is 0.833. The Morgan fingerprint density at radius 3 is 2.78 bits per heavy atom. The van der Waals surface area contributed by atoms with Crippen LogP contribution < -0.4 is 16.0 Å². The molecule has 5 nitrogen and oxygen atoms in total. The molecule has 2 heterocycles. The molecule has 0 aromatic rings. The lowest BCUT2D eigenvalue weighted by molar-refractivity contribution is -0.120. The first-order valence-electron chi connectivity index (χ1n) is 6.62. The topological polar surface area (TPSA) is 70.2 Å². The van der Waals surface area contributed by atoms with Crippen molar-refractivity contribution in [3.63, 3.8) is 0 Å². The van der Waals surface area contributed by atoms with Crippen molar-refractivity contribution in [3.05, 3.63) is 0 Å². The largest absolute Gasteiger partial charge is 0.353 e. The zero-order valence-corrected chi connectivity index (χ0v) is 11.4. The van der Waals surface area contributed by atoms with Crippen LogP contribution in [0, 0.1) is 0 Å². The average molecular weight is 271 g/mol. The molecule has 1 atom stereocenters. The van der Waals surface area contributed by atoms with Gasteiger partial charge in [-0.1, -0.05) is 0 Å². The molecule has 0 radical (unpaired) electrons. The van der Waals surface area contributed by atoms with E-state index in [9.17, 15) is 9.59 Å². The smallest absolute Gasteiger partial charge is 0.230 e. The van der Waals surface area contributed by atoms with Crippen molar-refractivity contribution in [2.75, 3.05) is 25.4 Å².